The lowest BCUT2D eigenvalue weighted by molar-refractivity contribution is 0.834. The van der Waals surface area contributed by atoms with Crippen LogP contribution >= 0.6 is 11.3 Å². The lowest BCUT2D eigenvalue weighted by Gasteiger charge is -2.06. The number of anilines is 2. The van der Waals surface area contributed by atoms with Crippen molar-refractivity contribution in [3.63, 3.8) is 0 Å². The Labute approximate surface area is 127 Å². The van der Waals surface area contributed by atoms with E-state index in [2.05, 4.69) is 35.2 Å². The molecule has 2 aromatic heterocycles. The van der Waals surface area contributed by atoms with E-state index in [1.807, 2.05) is 35.7 Å². The number of aromatic nitrogens is 2. The molecule has 21 heavy (non-hydrogen) atoms. The number of benzene rings is 1. The number of pyridine rings is 1. The molecule has 0 aliphatic heterocycles. The summed E-state index contributed by atoms with van der Waals surface area (Å²) in [5, 5.41) is 16.2. The number of para-hydroxylation sites is 1. The lowest BCUT2D eigenvalue weighted by Crippen LogP contribution is -1.98. The zero-order chi connectivity index (χ0) is 14.8. The van der Waals surface area contributed by atoms with Crippen LogP contribution in [0.5, 0.6) is 0 Å². The van der Waals surface area contributed by atoms with Crippen molar-refractivity contribution in [2.75, 3.05) is 5.32 Å². The van der Waals surface area contributed by atoms with Gasteiger partial charge >= 0.3 is 0 Å². The summed E-state index contributed by atoms with van der Waals surface area (Å²) in [5.74, 6) is 0.942. The van der Waals surface area contributed by atoms with Crippen LogP contribution in [0, 0.1) is 11.3 Å². The second-order valence-electron chi connectivity index (χ2n) is 5.05. The summed E-state index contributed by atoms with van der Waals surface area (Å²) in [6.07, 6.45) is 0. The molecule has 1 aromatic carbocycles. The van der Waals surface area contributed by atoms with Crippen LogP contribution < -0.4 is 5.32 Å². The van der Waals surface area contributed by atoms with Crippen molar-refractivity contribution in [2.24, 2.45) is 0 Å². The van der Waals surface area contributed by atoms with E-state index in [1.54, 1.807) is 0 Å². The summed E-state index contributed by atoms with van der Waals surface area (Å²) in [6.45, 7) is 4.21. The van der Waals surface area contributed by atoms with E-state index in [0.717, 1.165) is 21.7 Å². The molecule has 104 valence electrons. The van der Waals surface area contributed by atoms with Gasteiger partial charge in [-0.25, -0.2) is 9.97 Å². The quantitative estimate of drug-likeness (QED) is 0.776. The molecule has 2 heterocycles. The van der Waals surface area contributed by atoms with Gasteiger partial charge in [-0.3, -0.25) is 0 Å². The molecule has 0 radical (unpaired) electrons. The maximum absolute atomic E-state index is 9.30. The molecule has 0 fully saturated rings. The van der Waals surface area contributed by atoms with Crippen molar-refractivity contribution in [2.45, 2.75) is 19.8 Å². The van der Waals surface area contributed by atoms with Crippen molar-refractivity contribution in [3.05, 3.63) is 47.0 Å². The van der Waals surface area contributed by atoms with Crippen LogP contribution in [-0.2, 0) is 0 Å². The first-order valence-corrected chi connectivity index (χ1v) is 7.57. The standard InChI is InChI=1S/C16H14N4S/c1-10(2)14-9-21-16(19-14)20-15-12(8-17)7-11-5-3-4-6-13(11)18-15/h3-7,9-10H,1-2H3,(H,18,19,20). The third kappa shape index (κ3) is 2.71. The SMILES string of the molecule is CC(C)c1csc(Nc2nc3ccccc3cc2C#N)n1. The van der Waals surface area contributed by atoms with Gasteiger partial charge in [0.25, 0.3) is 0 Å². The highest BCUT2D eigenvalue weighted by molar-refractivity contribution is 7.13. The third-order valence-electron chi connectivity index (χ3n) is 3.18. The summed E-state index contributed by atoms with van der Waals surface area (Å²) >= 11 is 1.53. The number of nitriles is 1. The first-order valence-electron chi connectivity index (χ1n) is 6.69. The topological polar surface area (TPSA) is 61.6 Å². The number of rotatable bonds is 3. The molecule has 0 saturated carbocycles. The van der Waals surface area contributed by atoms with Gasteiger partial charge in [0.05, 0.1) is 16.8 Å². The Kier molecular flexibility index (Phi) is 3.55. The van der Waals surface area contributed by atoms with Gasteiger partial charge in [0.15, 0.2) is 10.9 Å². The molecule has 0 unspecified atom stereocenters. The number of hydrogen-bond acceptors (Lipinski definition) is 5. The van der Waals surface area contributed by atoms with E-state index >= 15 is 0 Å². The average Bonchev–Trinajstić information content (AvgIpc) is 2.95. The molecule has 3 rings (SSSR count). The van der Waals surface area contributed by atoms with E-state index in [1.165, 1.54) is 11.3 Å². The van der Waals surface area contributed by atoms with Crippen LogP contribution in [0.3, 0.4) is 0 Å². The van der Waals surface area contributed by atoms with Gasteiger partial charge in [-0.15, -0.1) is 11.3 Å². The fourth-order valence-electron chi connectivity index (χ4n) is 2.01. The summed E-state index contributed by atoms with van der Waals surface area (Å²) in [7, 11) is 0. The van der Waals surface area contributed by atoms with Crippen LogP contribution in [0.15, 0.2) is 35.7 Å². The molecule has 0 saturated heterocycles. The summed E-state index contributed by atoms with van der Waals surface area (Å²) in [6, 6.07) is 11.8. The molecule has 0 aliphatic carbocycles. The van der Waals surface area contributed by atoms with Crippen LogP contribution in [0.4, 0.5) is 10.9 Å². The minimum atomic E-state index is 0.386. The van der Waals surface area contributed by atoms with Crippen molar-refractivity contribution in [3.8, 4) is 6.07 Å². The average molecular weight is 294 g/mol. The van der Waals surface area contributed by atoms with Gasteiger partial charge in [0.2, 0.25) is 0 Å². The Balaban J connectivity index is 2.00. The van der Waals surface area contributed by atoms with E-state index in [9.17, 15) is 5.26 Å². The Bertz CT molecular complexity index is 830. The Morgan fingerprint density at radius 3 is 2.76 bits per heavy atom. The maximum Gasteiger partial charge on any atom is 0.188 e. The minimum Gasteiger partial charge on any atom is -0.315 e. The number of fused-ring (bicyclic) bond motifs is 1. The molecule has 0 spiro atoms. The molecular weight excluding hydrogens is 280 g/mol. The van der Waals surface area contributed by atoms with Crippen LogP contribution in [-0.4, -0.2) is 9.97 Å². The number of nitrogens with one attached hydrogen (secondary N) is 1. The summed E-state index contributed by atoms with van der Waals surface area (Å²) in [5.41, 5.74) is 2.43. The molecule has 5 heteroatoms. The van der Waals surface area contributed by atoms with Crippen LogP contribution in [0.25, 0.3) is 10.9 Å². The fourth-order valence-corrected chi connectivity index (χ4v) is 2.88. The highest BCUT2D eigenvalue weighted by Crippen LogP contribution is 2.27. The second-order valence-corrected chi connectivity index (χ2v) is 5.90. The highest BCUT2D eigenvalue weighted by atomic mass is 32.1. The van der Waals surface area contributed by atoms with Crippen molar-refractivity contribution in [1.82, 2.24) is 9.97 Å². The van der Waals surface area contributed by atoms with Crippen molar-refractivity contribution < 1.29 is 0 Å². The normalized spacial score (nSPS) is 10.8. The van der Waals surface area contributed by atoms with Crippen molar-refractivity contribution >= 4 is 33.2 Å². The van der Waals surface area contributed by atoms with Gasteiger partial charge in [-0.1, -0.05) is 32.0 Å². The molecule has 0 atom stereocenters. The third-order valence-corrected chi connectivity index (χ3v) is 3.96. The van der Waals surface area contributed by atoms with E-state index in [4.69, 9.17) is 0 Å². The number of nitrogens with zero attached hydrogens (tertiary/aromatic N) is 3. The predicted molar refractivity (Wildman–Crippen MR) is 85.9 cm³/mol. The monoisotopic (exact) mass is 294 g/mol. The van der Waals surface area contributed by atoms with Gasteiger partial charge in [-0.05, 0) is 18.1 Å². The van der Waals surface area contributed by atoms with Gasteiger partial charge in [-0.2, -0.15) is 5.26 Å². The Morgan fingerprint density at radius 1 is 1.24 bits per heavy atom. The maximum atomic E-state index is 9.30. The minimum absolute atomic E-state index is 0.386. The molecular formula is C16H14N4S. The fraction of sp³-hybridized carbons (Fsp3) is 0.188. The van der Waals surface area contributed by atoms with E-state index < -0.39 is 0 Å². The molecule has 0 bridgehead atoms. The van der Waals surface area contributed by atoms with Gasteiger partial charge in [0.1, 0.15) is 6.07 Å². The molecule has 1 N–H and O–H groups in total. The smallest absolute Gasteiger partial charge is 0.188 e. The number of hydrogen-bond donors (Lipinski definition) is 1. The summed E-state index contributed by atoms with van der Waals surface area (Å²) < 4.78 is 0. The van der Waals surface area contributed by atoms with Crippen LogP contribution in [0.1, 0.15) is 31.0 Å². The molecule has 4 nitrogen and oxygen atoms in total. The van der Waals surface area contributed by atoms with Crippen LogP contribution in [0.2, 0.25) is 0 Å². The molecule has 0 aliphatic rings. The first-order chi connectivity index (χ1) is 10.2. The van der Waals surface area contributed by atoms with Gasteiger partial charge < -0.3 is 5.32 Å². The summed E-state index contributed by atoms with van der Waals surface area (Å²) in [4.78, 5) is 9.05. The molecule has 3 aromatic rings. The predicted octanol–water partition coefficient (Wildman–Crippen LogP) is 4.43. The lowest BCUT2D eigenvalue weighted by atomic mass is 10.1. The number of thiazole rings is 1. The largest absolute Gasteiger partial charge is 0.315 e. The zero-order valence-electron chi connectivity index (χ0n) is 11.8. The van der Waals surface area contributed by atoms with Gasteiger partial charge in [0, 0.05) is 10.8 Å². The first kappa shape index (κ1) is 13.5. The van der Waals surface area contributed by atoms with E-state index in [0.29, 0.717) is 17.3 Å². The highest BCUT2D eigenvalue weighted by Gasteiger charge is 2.10. The second kappa shape index (κ2) is 5.51. The van der Waals surface area contributed by atoms with Crippen molar-refractivity contribution in [1.29, 1.82) is 5.26 Å². The van der Waals surface area contributed by atoms with E-state index in [-0.39, 0.29) is 0 Å². The Hall–Kier alpha value is -2.45. The zero-order valence-corrected chi connectivity index (χ0v) is 12.6. The molecule has 0 amide bonds. The Morgan fingerprint density at radius 2 is 2.05 bits per heavy atom.